The van der Waals surface area contributed by atoms with Gasteiger partial charge in [0.25, 0.3) is 5.91 Å². The molecule has 4 rings (SSSR count). The highest BCUT2D eigenvalue weighted by Crippen LogP contribution is 2.38. The summed E-state index contributed by atoms with van der Waals surface area (Å²) >= 11 is 24.7. The number of anilines is 1. The van der Waals surface area contributed by atoms with Crippen LogP contribution in [0.1, 0.15) is 10.4 Å². The van der Waals surface area contributed by atoms with Crippen LogP contribution in [0.3, 0.4) is 0 Å². The summed E-state index contributed by atoms with van der Waals surface area (Å²) in [4.78, 5) is 30.0. The summed E-state index contributed by atoms with van der Waals surface area (Å²) < 4.78 is 10.4. The van der Waals surface area contributed by atoms with E-state index in [0.717, 1.165) is 0 Å². The van der Waals surface area contributed by atoms with Gasteiger partial charge in [-0.1, -0.05) is 64.6 Å². The Balaban J connectivity index is 1.58. The average Bonchev–Trinajstić information content (AvgIpc) is 2.85. The molecule has 1 amide bonds. The molecule has 0 unspecified atom stereocenters. The molecular formula is C25H16Cl4N2O4. The quantitative estimate of drug-likeness (QED) is 0.201. The lowest BCUT2D eigenvalue weighted by molar-refractivity contribution is -0.119. The summed E-state index contributed by atoms with van der Waals surface area (Å²) in [6.07, 6.45) is 0. The number of rotatable bonds is 6. The fourth-order valence-electron chi connectivity index (χ4n) is 3.36. The number of ether oxygens (including phenoxy) is 2. The molecule has 0 radical (unpaired) electrons. The van der Waals surface area contributed by atoms with Crippen LogP contribution >= 0.6 is 46.4 Å². The minimum atomic E-state index is -0.705. The zero-order valence-corrected chi connectivity index (χ0v) is 21.1. The van der Waals surface area contributed by atoms with Crippen LogP contribution in [0.25, 0.3) is 22.2 Å². The number of carbonyl (C=O) groups excluding carboxylic acids is 2. The first-order chi connectivity index (χ1) is 16.8. The van der Waals surface area contributed by atoms with Gasteiger partial charge in [-0.2, -0.15) is 0 Å². The van der Waals surface area contributed by atoms with Crippen LogP contribution in [0.2, 0.25) is 20.1 Å². The lowest BCUT2D eigenvalue weighted by Gasteiger charge is -2.12. The average molecular weight is 550 g/mol. The van der Waals surface area contributed by atoms with Crippen molar-refractivity contribution in [1.29, 1.82) is 0 Å². The first-order valence-corrected chi connectivity index (χ1v) is 11.6. The molecule has 1 aromatic heterocycles. The topological polar surface area (TPSA) is 77.5 Å². The van der Waals surface area contributed by atoms with E-state index in [4.69, 9.17) is 55.9 Å². The molecule has 1 N–H and O–H groups in total. The third-order valence-electron chi connectivity index (χ3n) is 5.02. The van der Waals surface area contributed by atoms with Crippen LogP contribution < -0.4 is 10.1 Å². The van der Waals surface area contributed by atoms with E-state index < -0.39 is 18.5 Å². The fraction of sp³-hybridized carbons (Fsp3) is 0.0800. The van der Waals surface area contributed by atoms with Gasteiger partial charge in [-0.25, -0.2) is 9.78 Å². The summed E-state index contributed by atoms with van der Waals surface area (Å²) in [5.41, 5.74) is 2.08. The number of para-hydroxylation sites is 1. The third kappa shape index (κ3) is 5.46. The maximum absolute atomic E-state index is 13.0. The molecule has 6 nitrogen and oxygen atoms in total. The number of esters is 1. The number of amides is 1. The van der Waals surface area contributed by atoms with E-state index in [9.17, 15) is 9.59 Å². The number of nitrogens with one attached hydrogen (secondary N) is 1. The van der Waals surface area contributed by atoms with Gasteiger partial charge in [0.1, 0.15) is 5.75 Å². The van der Waals surface area contributed by atoms with Crippen LogP contribution in [-0.2, 0) is 9.53 Å². The smallest absolute Gasteiger partial charge is 0.339 e. The van der Waals surface area contributed by atoms with Crippen LogP contribution in [0.4, 0.5) is 5.69 Å². The Labute approximate surface area is 220 Å². The van der Waals surface area contributed by atoms with Crippen molar-refractivity contribution in [2.75, 3.05) is 19.0 Å². The Morgan fingerprint density at radius 1 is 0.914 bits per heavy atom. The number of fused-ring (bicyclic) bond motifs is 1. The standard InChI is InChI=1S/C25H16Cl4N2O4/c1-34-21-9-6-13(10-18(21)27)30-22(32)12-35-25(33)16-11-20(31-19-5-3-2-4-14(16)19)15-7-8-17(26)24(29)23(15)28/h2-11H,12H2,1H3,(H,30,32). The van der Waals surface area contributed by atoms with Crippen molar-refractivity contribution >= 4 is 74.9 Å². The van der Waals surface area contributed by atoms with Crippen molar-refractivity contribution in [3.8, 4) is 17.0 Å². The molecular weight excluding hydrogens is 534 g/mol. The number of halogens is 4. The van der Waals surface area contributed by atoms with Gasteiger partial charge in [0.05, 0.1) is 44.0 Å². The second-order valence-electron chi connectivity index (χ2n) is 7.27. The predicted octanol–water partition coefficient (Wildman–Crippen LogP) is 7.32. The number of nitrogens with zero attached hydrogens (tertiary/aromatic N) is 1. The van der Waals surface area contributed by atoms with Gasteiger partial charge >= 0.3 is 5.97 Å². The molecule has 0 spiro atoms. The second kappa shape index (κ2) is 10.7. The van der Waals surface area contributed by atoms with E-state index in [1.54, 1.807) is 48.5 Å². The van der Waals surface area contributed by atoms with Crippen molar-refractivity contribution in [1.82, 2.24) is 4.98 Å². The van der Waals surface area contributed by atoms with Crippen LogP contribution in [0.5, 0.6) is 5.75 Å². The Morgan fingerprint density at radius 3 is 2.43 bits per heavy atom. The molecule has 0 aliphatic carbocycles. The number of carbonyl (C=O) groups is 2. The summed E-state index contributed by atoms with van der Waals surface area (Å²) in [6, 6.07) is 16.6. The summed E-state index contributed by atoms with van der Waals surface area (Å²) in [5.74, 6) is -0.770. The van der Waals surface area contributed by atoms with Crippen molar-refractivity contribution in [3.05, 3.63) is 86.3 Å². The molecule has 0 atom stereocenters. The molecule has 3 aromatic carbocycles. The molecule has 1 heterocycles. The predicted molar refractivity (Wildman–Crippen MR) is 139 cm³/mol. The van der Waals surface area contributed by atoms with E-state index in [1.807, 2.05) is 0 Å². The van der Waals surface area contributed by atoms with Gasteiger partial charge in [-0.05, 0) is 42.5 Å². The highest BCUT2D eigenvalue weighted by molar-refractivity contribution is 6.49. The van der Waals surface area contributed by atoms with Crippen molar-refractivity contribution < 1.29 is 19.1 Å². The first kappa shape index (κ1) is 25.1. The SMILES string of the molecule is COc1ccc(NC(=O)COC(=O)c2cc(-c3ccc(Cl)c(Cl)c3Cl)nc3ccccc23)cc1Cl. The van der Waals surface area contributed by atoms with Gasteiger partial charge in [-0.3, -0.25) is 4.79 Å². The molecule has 35 heavy (non-hydrogen) atoms. The zero-order chi connectivity index (χ0) is 25.1. The van der Waals surface area contributed by atoms with Gasteiger partial charge in [0.2, 0.25) is 0 Å². The Hall–Kier alpha value is -3.03. The largest absolute Gasteiger partial charge is 0.495 e. The normalized spacial score (nSPS) is 10.8. The molecule has 0 saturated heterocycles. The molecule has 0 aliphatic rings. The maximum Gasteiger partial charge on any atom is 0.339 e. The molecule has 0 saturated carbocycles. The second-order valence-corrected chi connectivity index (χ2v) is 8.84. The van der Waals surface area contributed by atoms with E-state index in [-0.39, 0.29) is 15.6 Å². The van der Waals surface area contributed by atoms with E-state index in [1.165, 1.54) is 19.2 Å². The minimum Gasteiger partial charge on any atom is -0.495 e. The molecule has 10 heteroatoms. The summed E-state index contributed by atoms with van der Waals surface area (Å²) in [5, 5.41) is 4.19. The Morgan fingerprint density at radius 2 is 1.69 bits per heavy atom. The summed E-state index contributed by atoms with van der Waals surface area (Å²) in [7, 11) is 1.49. The number of aromatic nitrogens is 1. The third-order valence-corrected chi connectivity index (χ3v) is 6.61. The lowest BCUT2D eigenvalue weighted by Crippen LogP contribution is -2.21. The molecule has 178 valence electrons. The van der Waals surface area contributed by atoms with Crippen LogP contribution in [-0.4, -0.2) is 30.6 Å². The highest BCUT2D eigenvalue weighted by atomic mass is 35.5. The number of hydrogen-bond donors (Lipinski definition) is 1. The van der Waals surface area contributed by atoms with Crippen LogP contribution in [0, 0.1) is 0 Å². The zero-order valence-electron chi connectivity index (χ0n) is 18.1. The van der Waals surface area contributed by atoms with E-state index >= 15 is 0 Å². The van der Waals surface area contributed by atoms with E-state index in [0.29, 0.717) is 43.6 Å². The number of hydrogen-bond acceptors (Lipinski definition) is 5. The van der Waals surface area contributed by atoms with Gasteiger partial charge < -0.3 is 14.8 Å². The number of benzene rings is 3. The maximum atomic E-state index is 13.0. The highest BCUT2D eigenvalue weighted by Gasteiger charge is 2.19. The van der Waals surface area contributed by atoms with E-state index in [2.05, 4.69) is 10.3 Å². The van der Waals surface area contributed by atoms with Crippen molar-refractivity contribution in [3.63, 3.8) is 0 Å². The Kier molecular flexibility index (Phi) is 7.67. The van der Waals surface area contributed by atoms with Gasteiger partial charge in [-0.15, -0.1) is 0 Å². The molecule has 4 aromatic rings. The minimum absolute atomic E-state index is 0.181. The van der Waals surface area contributed by atoms with Crippen molar-refractivity contribution in [2.45, 2.75) is 0 Å². The number of methoxy groups -OCH3 is 1. The lowest BCUT2D eigenvalue weighted by atomic mass is 10.0. The molecule has 0 fully saturated rings. The van der Waals surface area contributed by atoms with Crippen LogP contribution in [0.15, 0.2) is 60.7 Å². The summed E-state index contributed by atoms with van der Waals surface area (Å²) in [6.45, 7) is -0.512. The van der Waals surface area contributed by atoms with Gasteiger partial charge in [0, 0.05) is 16.6 Å². The Bertz CT molecular complexity index is 1460. The fourth-order valence-corrected chi connectivity index (χ4v) is 4.25. The first-order valence-electron chi connectivity index (χ1n) is 10.1. The van der Waals surface area contributed by atoms with Gasteiger partial charge in [0.15, 0.2) is 6.61 Å². The monoisotopic (exact) mass is 548 g/mol. The molecule has 0 bridgehead atoms. The number of pyridine rings is 1. The molecule has 0 aliphatic heterocycles. The van der Waals surface area contributed by atoms with Crippen molar-refractivity contribution in [2.24, 2.45) is 0 Å².